The van der Waals surface area contributed by atoms with Crippen LogP contribution in [0, 0.1) is 17.7 Å². The third-order valence-corrected chi connectivity index (χ3v) is 8.52. The van der Waals surface area contributed by atoms with Gasteiger partial charge in [0.15, 0.2) is 0 Å². The summed E-state index contributed by atoms with van der Waals surface area (Å²) >= 11 is 6.00. The lowest BCUT2D eigenvalue weighted by Gasteiger charge is -2.34. The first kappa shape index (κ1) is 21.5. The third kappa shape index (κ3) is 3.92. The number of likely N-dealkylation sites (N-methyl/N-ethyl adjacent to an activating group) is 1. The van der Waals surface area contributed by atoms with Gasteiger partial charge in [0.2, 0.25) is 15.9 Å². The number of benzene rings is 1. The van der Waals surface area contributed by atoms with Gasteiger partial charge in [0.1, 0.15) is 10.7 Å². The van der Waals surface area contributed by atoms with E-state index < -0.39 is 15.8 Å². The van der Waals surface area contributed by atoms with E-state index in [1.165, 1.54) is 10.4 Å². The van der Waals surface area contributed by atoms with Crippen molar-refractivity contribution in [1.29, 1.82) is 0 Å². The number of nitrogens with two attached hydrogens (primary N) is 1. The van der Waals surface area contributed by atoms with Gasteiger partial charge in [-0.1, -0.05) is 24.9 Å². The lowest BCUT2D eigenvalue weighted by Crippen LogP contribution is -2.49. The molecule has 0 unspecified atom stereocenters. The monoisotopic (exact) mass is 431 g/mol. The first-order chi connectivity index (χ1) is 13.2. The van der Waals surface area contributed by atoms with Gasteiger partial charge in [0.25, 0.3) is 0 Å². The van der Waals surface area contributed by atoms with E-state index in [2.05, 4.69) is 0 Å². The van der Waals surface area contributed by atoms with Gasteiger partial charge in [0.05, 0.1) is 11.1 Å². The van der Waals surface area contributed by atoms with E-state index in [-0.39, 0.29) is 39.7 Å². The number of amides is 1. The van der Waals surface area contributed by atoms with Gasteiger partial charge in [-0.05, 0) is 56.3 Å². The normalized spacial score (nSPS) is 26.5. The molecule has 0 spiro atoms. The van der Waals surface area contributed by atoms with E-state index in [9.17, 15) is 17.6 Å². The van der Waals surface area contributed by atoms with Crippen molar-refractivity contribution in [2.45, 2.75) is 49.6 Å². The maximum atomic E-state index is 13.3. The van der Waals surface area contributed by atoms with Gasteiger partial charge in [-0.3, -0.25) is 9.69 Å². The second-order valence-corrected chi connectivity index (χ2v) is 10.2. The van der Waals surface area contributed by atoms with Gasteiger partial charge < -0.3 is 5.73 Å². The van der Waals surface area contributed by atoms with Gasteiger partial charge in [-0.25, -0.2) is 12.8 Å². The summed E-state index contributed by atoms with van der Waals surface area (Å²) in [7, 11) is -1.89. The minimum Gasteiger partial charge on any atom is -0.368 e. The van der Waals surface area contributed by atoms with Crippen molar-refractivity contribution in [2.75, 3.05) is 20.1 Å². The quantitative estimate of drug-likeness (QED) is 0.718. The van der Waals surface area contributed by atoms with Crippen molar-refractivity contribution in [1.82, 2.24) is 9.21 Å². The van der Waals surface area contributed by atoms with Crippen LogP contribution in [-0.4, -0.2) is 55.8 Å². The molecule has 6 nitrogen and oxygen atoms in total. The third-order valence-electron chi connectivity index (χ3n) is 6.20. The smallest absolute Gasteiger partial charge is 0.244 e. The molecular weight excluding hydrogens is 405 g/mol. The van der Waals surface area contributed by atoms with Crippen LogP contribution in [0.4, 0.5) is 4.39 Å². The average Bonchev–Trinajstić information content (AvgIpc) is 3.19. The molecule has 4 atom stereocenters. The molecule has 28 heavy (non-hydrogen) atoms. The highest BCUT2D eigenvalue weighted by Crippen LogP contribution is 2.43. The lowest BCUT2D eigenvalue weighted by atomic mass is 9.95. The summed E-state index contributed by atoms with van der Waals surface area (Å²) in [6.45, 7) is 2.80. The van der Waals surface area contributed by atoms with E-state index in [4.69, 9.17) is 17.3 Å². The zero-order chi connectivity index (χ0) is 20.6. The number of carbonyl (C=O) groups excluding carboxylic acids is 1. The van der Waals surface area contributed by atoms with Crippen LogP contribution in [0.3, 0.4) is 0 Å². The zero-order valence-electron chi connectivity index (χ0n) is 16.1. The van der Waals surface area contributed by atoms with Gasteiger partial charge in [-0.15, -0.1) is 0 Å². The minimum absolute atomic E-state index is 0.0681. The number of fused-ring (bicyclic) bond motifs is 1. The Kier molecular flexibility index (Phi) is 6.34. The number of nitrogens with zero attached hydrogens (tertiary/aromatic N) is 2. The lowest BCUT2D eigenvalue weighted by molar-refractivity contribution is -0.124. The van der Waals surface area contributed by atoms with Crippen LogP contribution >= 0.6 is 11.6 Å². The second-order valence-electron chi connectivity index (χ2n) is 7.84. The van der Waals surface area contributed by atoms with Crippen molar-refractivity contribution in [3.8, 4) is 0 Å². The van der Waals surface area contributed by atoms with Crippen molar-refractivity contribution >= 4 is 27.5 Å². The highest BCUT2D eigenvalue weighted by atomic mass is 35.5. The number of halogens is 2. The molecule has 1 saturated carbocycles. The number of sulfonamides is 1. The topological polar surface area (TPSA) is 83.7 Å². The Morgan fingerprint density at radius 2 is 2.11 bits per heavy atom. The summed E-state index contributed by atoms with van der Waals surface area (Å²) in [6.07, 6.45) is 3.36. The van der Waals surface area contributed by atoms with Crippen LogP contribution in [-0.2, 0) is 14.8 Å². The first-order valence-electron chi connectivity index (χ1n) is 9.63. The predicted molar refractivity (Wildman–Crippen MR) is 106 cm³/mol. The molecule has 1 aromatic rings. The van der Waals surface area contributed by atoms with Crippen LogP contribution in [0.1, 0.15) is 32.6 Å². The molecule has 0 aromatic heterocycles. The van der Waals surface area contributed by atoms with Gasteiger partial charge in [0, 0.05) is 19.1 Å². The number of carbonyl (C=O) groups is 1. The van der Waals surface area contributed by atoms with Crippen LogP contribution in [0.2, 0.25) is 5.02 Å². The summed E-state index contributed by atoms with van der Waals surface area (Å²) in [6, 6.07) is 3.11. The molecule has 2 fully saturated rings. The Bertz CT molecular complexity index is 851. The fourth-order valence-corrected chi connectivity index (χ4v) is 6.81. The molecule has 0 bridgehead atoms. The van der Waals surface area contributed by atoms with E-state index in [1.54, 1.807) is 0 Å². The molecule has 3 rings (SSSR count). The second kappa shape index (κ2) is 8.26. The van der Waals surface area contributed by atoms with Crippen molar-refractivity contribution in [3.63, 3.8) is 0 Å². The Hall–Kier alpha value is -1.22. The molecule has 1 aliphatic carbocycles. The SMILES string of the molecule is CCC[C@@H](C(N)=O)N(C)[C@H]1CC[C@@H]2CN(S(=O)(=O)c3ccc(F)cc3Cl)C[C@@H]21. The Morgan fingerprint density at radius 1 is 1.39 bits per heavy atom. The van der Waals surface area contributed by atoms with Gasteiger partial charge >= 0.3 is 0 Å². The van der Waals surface area contributed by atoms with Crippen LogP contribution in [0.5, 0.6) is 0 Å². The molecule has 2 N–H and O–H groups in total. The summed E-state index contributed by atoms with van der Waals surface area (Å²) in [4.78, 5) is 13.9. The fraction of sp³-hybridized carbons (Fsp3) is 0.632. The maximum Gasteiger partial charge on any atom is 0.244 e. The zero-order valence-corrected chi connectivity index (χ0v) is 17.7. The van der Waals surface area contributed by atoms with Crippen LogP contribution in [0.15, 0.2) is 23.1 Å². The summed E-state index contributed by atoms with van der Waals surface area (Å²) < 4.78 is 40.9. The molecule has 1 heterocycles. The Labute approximate surface area is 170 Å². The molecule has 1 saturated heterocycles. The van der Waals surface area contributed by atoms with Crippen molar-refractivity contribution < 1.29 is 17.6 Å². The summed E-state index contributed by atoms with van der Waals surface area (Å²) in [5.41, 5.74) is 5.60. The van der Waals surface area contributed by atoms with E-state index >= 15 is 0 Å². The molecule has 156 valence electrons. The number of hydrogen-bond acceptors (Lipinski definition) is 4. The molecule has 0 radical (unpaired) electrons. The fourth-order valence-electron chi connectivity index (χ4n) is 4.77. The van der Waals surface area contributed by atoms with E-state index in [0.717, 1.165) is 31.4 Å². The number of rotatable bonds is 7. The predicted octanol–water partition coefficient (Wildman–Crippen LogP) is 2.46. The molecule has 2 aliphatic rings. The highest BCUT2D eigenvalue weighted by Gasteiger charge is 2.48. The largest absolute Gasteiger partial charge is 0.368 e. The minimum atomic E-state index is -3.80. The van der Waals surface area contributed by atoms with Crippen molar-refractivity contribution in [2.24, 2.45) is 17.6 Å². The van der Waals surface area contributed by atoms with Crippen LogP contribution in [0.25, 0.3) is 0 Å². The molecule has 1 aliphatic heterocycles. The standard InChI is InChI=1S/C19H27ClFN3O3S/c1-3-4-17(19(22)25)23(2)16-7-5-12-10-24(11-14(12)16)28(26,27)18-8-6-13(21)9-15(18)20/h6,8-9,12,14,16-17H,3-5,7,10-11H2,1-2H3,(H2,22,25)/t12-,14+,16+,17+/m1/s1. The maximum absolute atomic E-state index is 13.3. The number of primary amides is 1. The first-order valence-corrected chi connectivity index (χ1v) is 11.4. The average molecular weight is 432 g/mol. The Balaban J connectivity index is 1.79. The van der Waals surface area contributed by atoms with E-state index in [0.29, 0.717) is 19.5 Å². The highest BCUT2D eigenvalue weighted by molar-refractivity contribution is 7.89. The molecule has 9 heteroatoms. The molecular formula is C19H27ClFN3O3S. The molecule has 1 aromatic carbocycles. The van der Waals surface area contributed by atoms with E-state index in [1.807, 2.05) is 18.9 Å². The Morgan fingerprint density at radius 3 is 2.71 bits per heavy atom. The summed E-state index contributed by atoms with van der Waals surface area (Å²) in [5, 5.41) is -0.109. The van der Waals surface area contributed by atoms with Gasteiger partial charge in [-0.2, -0.15) is 4.31 Å². The molecule has 1 amide bonds. The summed E-state index contributed by atoms with van der Waals surface area (Å²) in [5.74, 6) is -0.542. The van der Waals surface area contributed by atoms with Crippen molar-refractivity contribution in [3.05, 3.63) is 29.0 Å². The van der Waals surface area contributed by atoms with Crippen LogP contribution < -0.4 is 5.73 Å². The number of hydrogen-bond donors (Lipinski definition) is 1.